The molecule has 0 atom stereocenters. The van der Waals surface area contributed by atoms with Crippen LogP contribution in [-0.4, -0.2) is 13.0 Å². The number of hydrogen-bond acceptors (Lipinski definition) is 2. The van der Waals surface area contributed by atoms with E-state index in [1.807, 2.05) is 18.2 Å². The molecule has 3 nitrogen and oxygen atoms in total. The van der Waals surface area contributed by atoms with Gasteiger partial charge in [0.15, 0.2) is 0 Å². The number of rotatable bonds is 4. The second-order valence-electron chi connectivity index (χ2n) is 2.59. The van der Waals surface area contributed by atoms with Gasteiger partial charge >= 0.3 is 0 Å². The van der Waals surface area contributed by atoms with Gasteiger partial charge in [-0.2, -0.15) is 5.26 Å². The van der Waals surface area contributed by atoms with Crippen LogP contribution in [0.15, 0.2) is 24.3 Å². The lowest BCUT2D eigenvalue weighted by Crippen LogP contribution is -2.14. The van der Waals surface area contributed by atoms with E-state index in [9.17, 15) is 4.79 Å². The zero-order valence-corrected chi connectivity index (χ0v) is 7.16. The zero-order chi connectivity index (χ0) is 9.52. The van der Waals surface area contributed by atoms with E-state index in [0.717, 1.165) is 5.56 Å². The van der Waals surface area contributed by atoms with Gasteiger partial charge in [-0.3, -0.25) is 4.79 Å². The fourth-order valence-electron chi connectivity index (χ4n) is 1.11. The van der Waals surface area contributed by atoms with Crippen LogP contribution in [0.2, 0.25) is 0 Å². The summed E-state index contributed by atoms with van der Waals surface area (Å²) in [5.74, 6) is 0. The Balaban J connectivity index is 2.65. The molecule has 1 N–H and O–H groups in total. The third-order valence-electron chi connectivity index (χ3n) is 1.76. The number of amides is 1. The summed E-state index contributed by atoms with van der Waals surface area (Å²) in [4.78, 5) is 9.97. The maximum Gasteiger partial charge on any atom is 0.207 e. The minimum absolute atomic E-state index is 0.572. The van der Waals surface area contributed by atoms with Gasteiger partial charge < -0.3 is 5.32 Å². The fourth-order valence-corrected chi connectivity index (χ4v) is 1.11. The van der Waals surface area contributed by atoms with Crippen LogP contribution in [0.25, 0.3) is 0 Å². The maximum atomic E-state index is 9.97. The predicted octanol–water partition coefficient (Wildman–Crippen LogP) is 0.847. The molecule has 0 radical (unpaired) electrons. The van der Waals surface area contributed by atoms with E-state index in [0.29, 0.717) is 24.9 Å². The van der Waals surface area contributed by atoms with Crippen LogP contribution in [-0.2, 0) is 11.2 Å². The van der Waals surface area contributed by atoms with Crippen LogP contribution in [0.3, 0.4) is 0 Å². The number of nitrogens with one attached hydrogen (secondary N) is 1. The van der Waals surface area contributed by atoms with Gasteiger partial charge in [-0.05, 0) is 18.1 Å². The Morgan fingerprint density at radius 2 is 2.23 bits per heavy atom. The molecule has 1 aromatic carbocycles. The van der Waals surface area contributed by atoms with Crippen molar-refractivity contribution in [2.45, 2.75) is 6.42 Å². The van der Waals surface area contributed by atoms with E-state index in [1.165, 1.54) is 0 Å². The van der Waals surface area contributed by atoms with Gasteiger partial charge in [-0.15, -0.1) is 0 Å². The molecule has 0 heterocycles. The quantitative estimate of drug-likeness (QED) is 0.543. The number of carbonyl (C=O) groups is 1. The van der Waals surface area contributed by atoms with Crippen LogP contribution in [0.1, 0.15) is 11.1 Å². The molecule has 66 valence electrons. The molecule has 0 saturated carbocycles. The summed E-state index contributed by atoms with van der Waals surface area (Å²) in [6, 6.07) is 9.49. The molecule has 1 rings (SSSR count). The van der Waals surface area contributed by atoms with Crippen molar-refractivity contribution >= 4 is 6.41 Å². The number of carbonyl (C=O) groups excluding carboxylic acids is 1. The normalized spacial score (nSPS) is 8.85. The Hall–Kier alpha value is -1.82. The first-order valence-corrected chi connectivity index (χ1v) is 4.03. The highest BCUT2D eigenvalue weighted by Crippen LogP contribution is 2.06. The highest BCUT2D eigenvalue weighted by Gasteiger charge is 1.98. The lowest BCUT2D eigenvalue weighted by molar-refractivity contribution is -0.109. The minimum Gasteiger partial charge on any atom is -0.358 e. The average molecular weight is 174 g/mol. The van der Waals surface area contributed by atoms with Crippen molar-refractivity contribution in [2.24, 2.45) is 0 Å². The smallest absolute Gasteiger partial charge is 0.207 e. The van der Waals surface area contributed by atoms with Gasteiger partial charge in [-0.25, -0.2) is 0 Å². The zero-order valence-electron chi connectivity index (χ0n) is 7.16. The summed E-state index contributed by atoms with van der Waals surface area (Å²) < 4.78 is 0. The molecule has 0 unspecified atom stereocenters. The van der Waals surface area contributed by atoms with Gasteiger partial charge in [0, 0.05) is 6.54 Å². The van der Waals surface area contributed by atoms with E-state index in [-0.39, 0.29) is 0 Å². The molecule has 13 heavy (non-hydrogen) atoms. The average Bonchev–Trinajstić information content (AvgIpc) is 2.19. The predicted molar refractivity (Wildman–Crippen MR) is 48.9 cm³/mol. The third kappa shape index (κ3) is 2.60. The largest absolute Gasteiger partial charge is 0.358 e. The molecule has 1 amide bonds. The molecular weight excluding hydrogens is 164 g/mol. The van der Waals surface area contributed by atoms with E-state index < -0.39 is 0 Å². The Morgan fingerprint density at radius 1 is 1.46 bits per heavy atom. The van der Waals surface area contributed by atoms with Crippen LogP contribution in [0, 0.1) is 11.3 Å². The molecule has 0 bridgehead atoms. The van der Waals surface area contributed by atoms with Gasteiger partial charge in [-0.1, -0.05) is 18.2 Å². The van der Waals surface area contributed by atoms with Gasteiger partial charge in [0.05, 0.1) is 11.6 Å². The van der Waals surface area contributed by atoms with Crippen LogP contribution < -0.4 is 5.32 Å². The molecule has 0 aliphatic rings. The van der Waals surface area contributed by atoms with Crippen molar-refractivity contribution in [1.82, 2.24) is 5.32 Å². The monoisotopic (exact) mass is 174 g/mol. The van der Waals surface area contributed by atoms with Crippen molar-refractivity contribution in [1.29, 1.82) is 5.26 Å². The molecule has 0 aliphatic carbocycles. The van der Waals surface area contributed by atoms with Gasteiger partial charge in [0.1, 0.15) is 0 Å². The number of nitrogens with zero attached hydrogens (tertiary/aromatic N) is 1. The summed E-state index contributed by atoms with van der Waals surface area (Å²) >= 11 is 0. The molecular formula is C10H10N2O. The Bertz CT molecular complexity index is 328. The minimum atomic E-state index is 0.572. The first-order valence-electron chi connectivity index (χ1n) is 4.03. The van der Waals surface area contributed by atoms with Gasteiger partial charge in [0.2, 0.25) is 6.41 Å². The molecule has 0 saturated heterocycles. The van der Waals surface area contributed by atoms with Crippen LogP contribution >= 0.6 is 0 Å². The highest BCUT2D eigenvalue weighted by atomic mass is 16.1. The maximum absolute atomic E-state index is 9.97. The molecule has 0 aliphatic heterocycles. The fraction of sp³-hybridized carbons (Fsp3) is 0.200. The molecule has 0 aromatic heterocycles. The standard InChI is InChI=1S/C10H10N2O/c11-7-10-4-2-1-3-9(10)5-6-12-8-13/h1-4,8H,5-6H2,(H,12,13). The lowest BCUT2D eigenvalue weighted by Gasteiger charge is -2.01. The summed E-state index contributed by atoms with van der Waals surface area (Å²) in [7, 11) is 0. The van der Waals surface area contributed by atoms with Crippen molar-refractivity contribution in [3.05, 3.63) is 35.4 Å². The number of nitriles is 1. The molecule has 0 fully saturated rings. The topological polar surface area (TPSA) is 52.9 Å². The van der Waals surface area contributed by atoms with E-state index in [4.69, 9.17) is 5.26 Å². The Kier molecular flexibility index (Phi) is 3.52. The van der Waals surface area contributed by atoms with E-state index in [1.54, 1.807) is 6.07 Å². The highest BCUT2D eigenvalue weighted by molar-refractivity contribution is 5.46. The summed E-state index contributed by atoms with van der Waals surface area (Å²) in [6.07, 6.45) is 1.36. The Morgan fingerprint density at radius 3 is 2.92 bits per heavy atom. The van der Waals surface area contributed by atoms with E-state index >= 15 is 0 Å². The Labute approximate surface area is 77.0 Å². The first kappa shape index (κ1) is 9.27. The first-order chi connectivity index (χ1) is 6.38. The summed E-state index contributed by atoms with van der Waals surface area (Å²) in [5.41, 5.74) is 1.65. The second-order valence-corrected chi connectivity index (χ2v) is 2.59. The molecule has 1 aromatic rings. The van der Waals surface area contributed by atoms with Crippen molar-refractivity contribution in [3.63, 3.8) is 0 Å². The van der Waals surface area contributed by atoms with Crippen molar-refractivity contribution in [3.8, 4) is 6.07 Å². The van der Waals surface area contributed by atoms with Crippen LogP contribution in [0.5, 0.6) is 0 Å². The molecule has 0 spiro atoms. The van der Waals surface area contributed by atoms with E-state index in [2.05, 4.69) is 11.4 Å². The second kappa shape index (κ2) is 4.94. The van der Waals surface area contributed by atoms with Gasteiger partial charge in [0.25, 0.3) is 0 Å². The SMILES string of the molecule is N#Cc1ccccc1CCNC=O. The third-order valence-corrected chi connectivity index (χ3v) is 1.76. The number of benzene rings is 1. The summed E-state index contributed by atoms with van der Waals surface area (Å²) in [5, 5.41) is 11.3. The molecule has 3 heteroatoms. The van der Waals surface area contributed by atoms with Crippen molar-refractivity contribution in [2.75, 3.05) is 6.54 Å². The van der Waals surface area contributed by atoms with Crippen molar-refractivity contribution < 1.29 is 4.79 Å². The van der Waals surface area contributed by atoms with Crippen LogP contribution in [0.4, 0.5) is 0 Å². The summed E-state index contributed by atoms with van der Waals surface area (Å²) in [6.45, 7) is 0.572. The lowest BCUT2D eigenvalue weighted by atomic mass is 10.1. The number of hydrogen-bond donors (Lipinski definition) is 1.